The number of nitrogens with zero attached hydrogens (tertiary/aromatic N) is 1. The van der Waals surface area contributed by atoms with E-state index in [2.05, 4.69) is 5.32 Å². The van der Waals surface area contributed by atoms with E-state index in [1.807, 2.05) is 13.0 Å². The summed E-state index contributed by atoms with van der Waals surface area (Å²) in [6, 6.07) is 6.79. The summed E-state index contributed by atoms with van der Waals surface area (Å²) in [5.41, 5.74) is 6.24. The number of carbonyl (C=O) groups excluding carboxylic acids is 2. The SMILES string of the molecule is Cc1ccc(NC(=O)C(N)=O)c(C#N)c1. The molecular weight excluding hydrogens is 194 g/mol. The maximum absolute atomic E-state index is 11.0. The van der Waals surface area contributed by atoms with Gasteiger partial charge in [-0.3, -0.25) is 9.59 Å². The third kappa shape index (κ3) is 2.54. The van der Waals surface area contributed by atoms with Crippen LogP contribution in [0.5, 0.6) is 0 Å². The van der Waals surface area contributed by atoms with Crippen molar-refractivity contribution in [2.75, 3.05) is 5.32 Å². The van der Waals surface area contributed by atoms with E-state index < -0.39 is 11.8 Å². The van der Waals surface area contributed by atoms with Crippen LogP contribution in [0.1, 0.15) is 11.1 Å². The molecule has 15 heavy (non-hydrogen) atoms. The Kier molecular flexibility index (Phi) is 3.03. The standard InChI is InChI=1S/C10H9N3O2/c1-6-2-3-8(7(4-6)5-11)13-10(15)9(12)14/h2-4H,1H3,(H2,12,14)(H,13,15). The van der Waals surface area contributed by atoms with Crippen molar-refractivity contribution in [2.45, 2.75) is 6.92 Å². The molecule has 0 unspecified atom stereocenters. The Hall–Kier alpha value is -2.35. The molecule has 5 heteroatoms. The van der Waals surface area contributed by atoms with Crippen LogP contribution in [0.3, 0.4) is 0 Å². The Morgan fingerprint density at radius 1 is 1.47 bits per heavy atom. The second-order valence-electron chi connectivity index (χ2n) is 2.98. The van der Waals surface area contributed by atoms with Gasteiger partial charge in [-0.2, -0.15) is 5.26 Å². The van der Waals surface area contributed by atoms with Crippen LogP contribution >= 0.6 is 0 Å². The van der Waals surface area contributed by atoms with Crippen LogP contribution in [0, 0.1) is 18.3 Å². The van der Waals surface area contributed by atoms with Crippen LogP contribution in [0.25, 0.3) is 0 Å². The molecule has 1 aromatic rings. The van der Waals surface area contributed by atoms with E-state index in [4.69, 9.17) is 11.0 Å². The molecule has 0 aliphatic heterocycles. The molecule has 0 heterocycles. The summed E-state index contributed by atoms with van der Waals surface area (Å²) in [4.78, 5) is 21.5. The average molecular weight is 203 g/mol. The largest absolute Gasteiger partial charge is 0.361 e. The molecule has 5 nitrogen and oxygen atoms in total. The van der Waals surface area contributed by atoms with Crippen molar-refractivity contribution < 1.29 is 9.59 Å². The summed E-state index contributed by atoms with van der Waals surface area (Å²) in [6.45, 7) is 1.82. The predicted molar refractivity (Wildman–Crippen MR) is 53.7 cm³/mol. The van der Waals surface area contributed by atoms with Crippen molar-refractivity contribution in [3.05, 3.63) is 29.3 Å². The lowest BCUT2D eigenvalue weighted by molar-refractivity contribution is -0.134. The summed E-state index contributed by atoms with van der Waals surface area (Å²) in [5, 5.41) is 11.0. The molecule has 2 amide bonds. The van der Waals surface area contributed by atoms with Crippen LogP contribution in [-0.2, 0) is 9.59 Å². The molecule has 1 rings (SSSR count). The number of carbonyl (C=O) groups is 2. The molecule has 3 N–H and O–H groups in total. The van der Waals surface area contributed by atoms with Gasteiger partial charge in [-0.05, 0) is 24.6 Å². The maximum Gasteiger partial charge on any atom is 0.313 e. The summed E-state index contributed by atoms with van der Waals surface area (Å²) >= 11 is 0. The Morgan fingerprint density at radius 3 is 2.67 bits per heavy atom. The van der Waals surface area contributed by atoms with E-state index in [0.717, 1.165) is 5.56 Å². The van der Waals surface area contributed by atoms with Gasteiger partial charge in [0.25, 0.3) is 0 Å². The average Bonchev–Trinajstić information content (AvgIpc) is 2.20. The number of primary amides is 1. The van der Waals surface area contributed by atoms with Crippen LogP contribution < -0.4 is 11.1 Å². The summed E-state index contributed by atoms with van der Waals surface area (Å²) in [7, 11) is 0. The molecule has 0 saturated carbocycles. The molecule has 0 bridgehead atoms. The first-order chi connectivity index (χ1) is 7.04. The van der Waals surface area contributed by atoms with E-state index in [1.165, 1.54) is 0 Å². The second-order valence-corrected chi connectivity index (χ2v) is 2.98. The fourth-order valence-electron chi connectivity index (χ4n) is 1.04. The van der Waals surface area contributed by atoms with Crippen LogP contribution in [0.4, 0.5) is 5.69 Å². The first-order valence-corrected chi connectivity index (χ1v) is 4.16. The number of aryl methyl sites for hydroxylation is 1. The number of nitrogens with two attached hydrogens (primary N) is 1. The maximum atomic E-state index is 11.0. The highest BCUT2D eigenvalue weighted by atomic mass is 16.2. The minimum absolute atomic E-state index is 0.284. The number of nitrogens with one attached hydrogen (secondary N) is 1. The highest BCUT2D eigenvalue weighted by Crippen LogP contribution is 2.15. The molecule has 76 valence electrons. The van der Waals surface area contributed by atoms with Gasteiger partial charge in [0.05, 0.1) is 11.3 Å². The van der Waals surface area contributed by atoms with E-state index in [-0.39, 0.29) is 5.69 Å². The minimum Gasteiger partial charge on any atom is -0.361 e. The van der Waals surface area contributed by atoms with Crippen LogP contribution in [-0.4, -0.2) is 11.8 Å². The highest BCUT2D eigenvalue weighted by Gasteiger charge is 2.11. The molecule has 1 aromatic carbocycles. The minimum atomic E-state index is -1.08. The topological polar surface area (TPSA) is 96.0 Å². The van der Waals surface area contributed by atoms with E-state index >= 15 is 0 Å². The van der Waals surface area contributed by atoms with Gasteiger partial charge in [0, 0.05) is 0 Å². The molecule has 0 fully saturated rings. The summed E-state index contributed by atoms with van der Waals surface area (Å²) < 4.78 is 0. The van der Waals surface area contributed by atoms with E-state index in [0.29, 0.717) is 5.56 Å². The normalized spacial score (nSPS) is 9.07. The zero-order chi connectivity index (χ0) is 11.4. The zero-order valence-electron chi connectivity index (χ0n) is 8.07. The quantitative estimate of drug-likeness (QED) is 0.642. The number of anilines is 1. The van der Waals surface area contributed by atoms with Crippen molar-refractivity contribution in [3.63, 3.8) is 0 Å². The van der Waals surface area contributed by atoms with Gasteiger partial charge in [0.1, 0.15) is 6.07 Å². The molecular formula is C10H9N3O2. The zero-order valence-corrected chi connectivity index (χ0v) is 8.07. The predicted octanol–water partition coefficient (Wildman–Crippen LogP) is 0.290. The lowest BCUT2D eigenvalue weighted by atomic mass is 10.1. The molecule has 0 aromatic heterocycles. The number of hydrogen-bond acceptors (Lipinski definition) is 3. The Morgan fingerprint density at radius 2 is 2.13 bits per heavy atom. The van der Waals surface area contributed by atoms with E-state index in [9.17, 15) is 9.59 Å². The number of rotatable bonds is 1. The van der Waals surface area contributed by atoms with Crippen molar-refractivity contribution in [3.8, 4) is 6.07 Å². The molecule has 0 aliphatic carbocycles. The number of benzene rings is 1. The Balaban J connectivity index is 3.01. The Bertz CT molecular complexity index is 460. The van der Waals surface area contributed by atoms with Crippen molar-refractivity contribution in [2.24, 2.45) is 5.73 Å². The lowest BCUT2D eigenvalue weighted by Crippen LogP contribution is -2.29. The molecule has 0 saturated heterocycles. The van der Waals surface area contributed by atoms with Crippen LogP contribution in [0.2, 0.25) is 0 Å². The highest BCUT2D eigenvalue weighted by molar-refractivity contribution is 6.39. The van der Waals surface area contributed by atoms with Gasteiger partial charge in [0.2, 0.25) is 0 Å². The molecule has 0 spiro atoms. The first kappa shape index (κ1) is 10.7. The second kappa shape index (κ2) is 4.24. The van der Waals surface area contributed by atoms with Crippen LogP contribution in [0.15, 0.2) is 18.2 Å². The van der Waals surface area contributed by atoms with Crippen molar-refractivity contribution >= 4 is 17.5 Å². The molecule has 0 radical (unpaired) electrons. The van der Waals surface area contributed by atoms with Crippen molar-refractivity contribution in [1.82, 2.24) is 0 Å². The third-order valence-electron chi connectivity index (χ3n) is 1.77. The van der Waals surface area contributed by atoms with Gasteiger partial charge < -0.3 is 11.1 Å². The van der Waals surface area contributed by atoms with Gasteiger partial charge in [-0.25, -0.2) is 0 Å². The lowest BCUT2D eigenvalue weighted by Gasteiger charge is -2.05. The van der Waals surface area contributed by atoms with Gasteiger partial charge in [-0.15, -0.1) is 0 Å². The molecule has 0 aliphatic rings. The number of amides is 2. The van der Waals surface area contributed by atoms with Gasteiger partial charge in [0.15, 0.2) is 0 Å². The summed E-state index contributed by atoms with van der Waals surface area (Å²) in [6.07, 6.45) is 0. The fourth-order valence-corrected chi connectivity index (χ4v) is 1.04. The first-order valence-electron chi connectivity index (χ1n) is 4.16. The van der Waals surface area contributed by atoms with Gasteiger partial charge >= 0.3 is 11.8 Å². The third-order valence-corrected chi connectivity index (χ3v) is 1.77. The summed E-state index contributed by atoms with van der Waals surface area (Å²) in [5.74, 6) is -2.02. The van der Waals surface area contributed by atoms with Crippen molar-refractivity contribution in [1.29, 1.82) is 5.26 Å². The van der Waals surface area contributed by atoms with E-state index in [1.54, 1.807) is 18.2 Å². The molecule has 0 atom stereocenters. The van der Waals surface area contributed by atoms with Gasteiger partial charge in [-0.1, -0.05) is 6.07 Å². The number of hydrogen-bond donors (Lipinski definition) is 2. The number of nitriles is 1. The fraction of sp³-hybridized carbons (Fsp3) is 0.100. The smallest absolute Gasteiger partial charge is 0.313 e. The Labute approximate surface area is 86.5 Å². The monoisotopic (exact) mass is 203 g/mol.